The normalized spacial score (nSPS) is 17.4. The van der Waals surface area contributed by atoms with E-state index in [1.54, 1.807) is 48.2 Å². The molecule has 4 N–H and O–H groups in total. The highest BCUT2D eigenvalue weighted by Crippen LogP contribution is 2.33. The number of amides is 2. The summed E-state index contributed by atoms with van der Waals surface area (Å²) in [7, 11) is 0. The zero-order chi connectivity index (χ0) is 28.9. The van der Waals surface area contributed by atoms with E-state index < -0.39 is 18.1 Å². The van der Waals surface area contributed by atoms with Crippen molar-refractivity contribution < 1.29 is 19.1 Å². The van der Waals surface area contributed by atoms with Crippen LogP contribution in [0.1, 0.15) is 22.6 Å². The largest absolute Gasteiger partial charge is 0.480 e. The number of ether oxygens (including phenoxy) is 2. The summed E-state index contributed by atoms with van der Waals surface area (Å²) >= 11 is 16.0. The van der Waals surface area contributed by atoms with E-state index in [0.717, 1.165) is 33.6 Å². The van der Waals surface area contributed by atoms with Gasteiger partial charge in [-0.1, -0.05) is 34.5 Å². The molecular weight excluding hydrogens is 627 g/mol. The molecule has 3 heterocycles. The third-order valence-electron chi connectivity index (χ3n) is 6.04. The highest BCUT2D eigenvalue weighted by molar-refractivity contribution is 8.26. The smallest absolute Gasteiger partial charge is 0.289 e. The van der Waals surface area contributed by atoms with Crippen LogP contribution in [-0.2, 0) is 28.9 Å². The number of amidine groups is 1. The third kappa shape index (κ3) is 7.92. The second-order valence-electron chi connectivity index (χ2n) is 9.04. The van der Waals surface area contributed by atoms with Crippen molar-refractivity contribution in [1.29, 1.82) is 5.41 Å². The van der Waals surface area contributed by atoms with Gasteiger partial charge in [0.15, 0.2) is 17.4 Å². The van der Waals surface area contributed by atoms with E-state index in [4.69, 9.17) is 43.8 Å². The first-order valence-corrected chi connectivity index (χ1v) is 16.0. The zero-order valence-electron chi connectivity index (χ0n) is 21.4. The van der Waals surface area contributed by atoms with Crippen LogP contribution in [0.5, 0.6) is 11.5 Å². The van der Waals surface area contributed by atoms with E-state index in [2.05, 4.69) is 20.5 Å². The summed E-state index contributed by atoms with van der Waals surface area (Å²) in [5, 5.41) is 21.9. The monoisotopic (exact) mass is 650 g/mol. The molecule has 3 aromatic rings. The molecule has 0 radical (unpaired) electrons. The molecule has 0 aliphatic carbocycles. The Labute approximate surface area is 258 Å². The number of hydrogen-bond acceptors (Lipinski definition) is 10. The predicted molar refractivity (Wildman–Crippen MR) is 165 cm³/mol. The van der Waals surface area contributed by atoms with E-state index in [0.29, 0.717) is 63.2 Å². The summed E-state index contributed by atoms with van der Waals surface area (Å²) < 4.78 is 11.4. The summed E-state index contributed by atoms with van der Waals surface area (Å²) in [5.74, 6) is 1.98. The van der Waals surface area contributed by atoms with Gasteiger partial charge in [-0.15, -0.1) is 10.2 Å². The maximum Gasteiger partial charge on any atom is 0.289 e. The first-order chi connectivity index (χ1) is 19.7. The molecule has 15 heteroatoms. The average Bonchev–Trinajstić information content (AvgIpc) is 3.66. The molecule has 2 aliphatic rings. The number of rotatable bonds is 9. The van der Waals surface area contributed by atoms with E-state index in [9.17, 15) is 9.59 Å². The SMILES string of the molecule is N=C(CCSCCc1nnc(NC(=O)C2Cc3cc(Cl)ccc3O2)s1)SC(N)=NC(=O)C1Cc2cc(Cl)ccc2O1. The molecule has 2 atom stereocenters. The van der Waals surface area contributed by atoms with E-state index in [1.165, 1.54) is 11.3 Å². The molecular formula is C26H24Cl2N6O4S3. The van der Waals surface area contributed by atoms with Crippen LogP contribution in [-0.4, -0.2) is 55.9 Å². The van der Waals surface area contributed by atoms with Crippen LogP contribution in [0.15, 0.2) is 41.4 Å². The quantitative estimate of drug-likeness (QED) is 0.165. The Kier molecular flexibility index (Phi) is 9.71. The molecule has 0 spiro atoms. The van der Waals surface area contributed by atoms with Crippen LogP contribution in [0.25, 0.3) is 0 Å². The molecule has 2 unspecified atom stereocenters. The van der Waals surface area contributed by atoms with Crippen molar-refractivity contribution in [3.05, 3.63) is 62.6 Å². The Morgan fingerprint density at radius 3 is 2.41 bits per heavy atom. The predicted octanol–water partition coefficient (Wildman–Crippen LogP) is 5.01. The van der Waals surface area contributed by atoms with Gasteiger partial charge in [0.2, 0.25) is 5.13 Å². The van der Waals surface area contributed by atoms with Crippen LogP contribution in [0.3, 0.4) is 0 Å². The number of carbonyl (C=O) groups is 2. The third-order valence-corrected chi connectivity index (χ3v) is 9.15. The lowest BCUT2D eigenvalue weighted by Gasteiger charge is -2.08. The van der Waals surface area contributed by atoms with Crippen molar-refractivity contribution in [3.8, 4) is 11.5 Å². The van der Waals surface area contributed by atoms with Gasteiger partial charge in [-0.2, -0.15) is 16.8 Å². The lowest BCUT2D eigenvalue weighted by atomic mass is 10.1. The van der Waals surface area contributed by atoms with Gasteiger partial charge in [0.1, 0.15) is 16.5 Å². The molecule has 10 nitrogen and oxygen atoms in total. The Morgan fingerprint density at radius 1 is 1.05 bits per heavy atom. The van der Waals surface area contributed by atoms with Gasteiger partial charge >= 0.3 is 0 Å². The summed E-state index contributed by atoms with van der Waals surface area (Å²) in [4.78, 5) is 29.0. The van der Waals surface area contributed by atoms with Crippen LogP contribution in [0.2, 0.25) is 10.0 Å². The maximum absolute atomic E-state index is 12.6. The van der Waals surface area contributed by atoms with Gasteiger partial charge in [-0.05, 0) is 70.8 Å². The van der Waals surface area contributed by atoms with Crippen molar-refractivity contribution >= 4 is 85.2 Å². The minimum atomic E-state index is -0.741. The van der Waals surface area contributed by atoms with Gasteiger partial charge < -0.3 is 15.2 Å². The summed E-state index contributed by atoms with van der Waals surface area (Å²) in [6.45, 7) is 0. The van der Waals surface area contributed by atoms with Crippen LogP contribution in [0.4, 0.5) is 5.13 Å². The highest BCUT2D eigenvalue weighted by Gasteiger charge is 2.31. The number of hydrogen-bond donors (Lipinski definition) is 3. The first kappa shape index (κ1) is 29.6. The second-order valence-corrected chi connectivity index (χ2v) is 13.3. The molecule has 0 saturated carbocycles. The van der Waals surface area contributed by atoms with Crippen molar-refractivity contribution in [2.24, 2.45) is 10.7 Å². The fraction of sp³-hybridized carbons (Fsp3) is 0.308. The number of carbonyl (C=O) groups excluding carboxylic acids is 2. The molecule has 0 bridgehead atoms. The van der Waals surface area contributed by atoms with Crippen LogP contribution < -0.4 is 20.5 Å². The Morgan fingerprint density at radius 2 is 1.71 bits per heavy atom. The van der Waals surface area contributed by atoms with Gasteiger partial charge in [0.05, 0.1) is 5.04 Å². The number of halogens is 2. The fourth-order valence-electron chi connectivity index (χ4n) is 4.12. The Hall–Kier alpha value is -2.84. The van der Waals surface area contributed by atoms with E-state index in [1.807, 2.05) is 0 Å². The lowest BCUT2D eigenvalue weighted by molar-refractivity contribution is -0.123. The number of aromatic nitrogens is 2. The molecule has 2 amide bonds. The molecule has 2 aromatic carbocycles. The topological polar surface area (TPSA) is 153 Å². The Balaban J connectivity index is 0.971. The summed E-state index contributed by atoms with van der Waals surface area (Å²) in [6, 6.07) is 10.5. The number of aryl methyl sites for hydroxylation is 1. The number of nitrogens with two attached hydrogens (primary N) is 1. The highest BCUT2D eigenvalue weighted by atomic mass is 35.5. The number of nitrogens with zero attached hydrogens (tertiary/aromatic N) is 3. The minimum Gasteiger partial charge on any atom is -0.480 e. The average molecular weight is 652 g/mol. The maximum atomic E-state index is 12.6. The van der Waals surface area contributed by atoms with Crippen molar-refractivity contribution in [1.82, 2.24) is 10.2 Å². The standard InChI is InChI=1S/C26H24Cl2N6O4S3/c27-15-1-3-17-13(9-15)11-19(37-17)23(35)31-25(30)40-21(29)5-7-39-8-6-22-33-34-26(41-22)32-24(36)20-12-14-10-16(28)2-4-18(14)38-20/h1-4,9-10,19-20,29H,5-8,11-12H2,(H2,30,31,35)(H,32,34,36). The van der Waals surface area contributed by atoms with Gasteiger partial charge in [-0.3, -0.25) is 20.3 Å². The Bertz CT molecular complexity index is 1520. The van der Waals surface area contributed by atoms with E-state index >= 15 is 0 Å². The van der Waals surface area contributed by atoms with E-state index in [-0.39, 0.29) is 11.1 Å². The van der Waals surface area contributed by atoms with Crippen molar-refractivity contribution in [3.63, 3.8) is 0 Å². The summed E-state index contributed by atoms with van der Waals surface area (Å²) in [6.07, 6.45) is 0.613. The zero-order valence-corrected chi connectivity index (χ0v) is 25.4. The van der Waals surface area contributed by atoms with Crippen LogP contribution >= 0.6 is 58.1 Å². The first-order valence-electron chi connectivity index (χ1n) is 12.5. The molecule has 41 heavy (non-hydrogen) atoms. The van der Waals surface area contributed by atoms with Gasteiger partial charge in [0.25, 0.3) is 11.8 Å². The van der Waals surface area contributed by atoms with Gasteiger partial charge in [0, 0.05) is 35.7 Å². The lowest BCUT2D eigenvalue weighted by Crippen LogP contribution is -2.31. The second kappa shape index (κ2) is 13.4. The molecule has 0 fully saturated rings. The number of anilines is 1. The number of nitrogens with one attached hydrogen (secondary N) is 2. The fourth-order valence-corrected chi connectivity index (χ4v) is 6.99. The molecule has 1 aromatic heterocycles. The molecule has 5 rings (SSSR count). The number of aliphatic imine (C=N–C) groups is 1. The number of fused-ring (bicyclic) bond motifs is 2. The minimum absolute atomic E-state index is 0.0155. The van der Waals surface area contributed by atoms with Crippen molar-refractivity contribution in [2.75, 3.05) is 16.8 Å². The number of thioether (sulfide) groups is 2. The molecule has 2 aliphatic heterocycles. The molecule has 214 valence electrons. The number of benzene rings is 2. The summed E-state index contributed by atoms with van der Waals surface area (Å²) in [5.41, 5.74) is 7.65. The van der Waals surface area contributed by atoms with Crippen LogP contribution in [0, 0.1) is 5.41 Å². The van der Waals surface area contributed by atoms with Gasteiger partial charge in [-0.25, -0.2) is 0 Å². The van der Waals surface area contributed by atoms with Crippen molar-refractivity contribution in [2.45, 2.75) is 37.9 Å². The molecule has 0 saturated heterocycles.